The zero-order chi connectivity index (χ0) is 69.6. The van der Waals surface area contributed by atoms with Crippen molar-refractivity contribution >= 4 is 76.8 Å². The second-order valence-electron chi connectivity index (χ2n) is 26.5. The van der Waals surface area contributed by atoms with Crippen LogP contribution in [0.4, 0.5) is 0 Å². The second-order valence-corrected chi connectivity index (χ2v) is 26.5. The summed E-state index contributed by atoms with van der Waals surface area (Å²) in [4.78, 5) is 171. The minimum atomic E-state index is -2.48. The third kappa shape index (κ3) is 26.8. The van der Waals surface area contributed by atoms with Crippen LogP contribution in [0, 0.1) is 34.0 Å². The van der Waals surface area contributed by atoms with E-state index in [9.17, 15) is 68.1 Å². The summed E-state index contributed by atoms with van der Waals surface area (Å²) in [5, 5.41) is 71.1. The number of hydrogen-bond donors (Lipinski definition) is 19. The Balaban J connectivity index is 3.12. The number of amides is 12. The molecule has 0 bridgehead atoms. The molecule has 22 N–H and O–H groups in total. The van der Waals surface area contributed by atoms with Gasteiger partial charge in [-0.15, -0.1) is 0 Å². The van der Waals surface area contributed by atoms with Gasteiger partial charge in [0, 0.05) is 6.54 Å². The van der Waals surface area contributed by atoms with Crippen molar-refractivity contribution in [3.8, 4) is 0 Å². The van der Waals surface area contributed by atoms with Gasteiger partial charge in [0.1, 0.15) is 54.4 Å². The van der Waals surface area contributed by atoms with E-state index >= 15 is 4.79 Å². The Morgan fingerprint density at radius 3 is 1.71 bits per heavy atom. The molecule has 1 aliphatic rings. The second kappa shape index (κ2) is 36.1. The summed E-state index contributed by atoms with van der Waals surface area (Å²) in [6.07, 6.45) is -5.74. The van der Waals surface area contributed by atoms with Crippen molar-refractivity contribution in [3.05, 3.63) is 35.9 Å². The molecule has 1 aromatic carbocycles. The Morgan fingerprint density at radius 2 is 1.19 bits per heavy atom. The van der Waals surface area contributed by atoms with Gasteiger partial charge in [-0.25, -0.2) is 0 Å². The lowest BCUT2D eigenvalue weighted by Gasteiger charge is -2.35. The number of benzene rings is 1. The lowest BCUT2D eigenvalue weighted by Crippen LogP contribution is -2.65. The molecule has 91 heavy (non-hydrogen) atoms. The molecule has 0 radical (unpaired) electrons. The number of hydrogen-bond acceptors (Lipinski definition) is 17. The maximum absolute atomic E-state index is 15.5. The minimum absolute atomic E-state index is 0.0282. The quantitative estimate of drug-likeness (QED) is 0.0338. The normalized spacial score (nSPS) is 24.8. The van der Waals surface area contributed by atoms with Crippen LogP contribution in [0.2, 0.25) is 0 Å². The predicted molar refractivity (Wildman–Crippen MR) is 335 cm³/mol. The van der Waals surface area contributed by atoms with Crippen molar-refractivity contribution < 1.29 is 72.9 Å². The van der Waals surface area contributed by atoms with Gasteiger partial charge in [-0.2, -0.15) is 0 Å². The molecular formula is C60H102N16O15. The monoisotopic (exact) mass is 1290 g/mol. The van der Waals surface area contributed by atoms with Crippen LogP contribution in [-0.2, 0) is 57.5 Å². The predicted octanol–water partition coefficient (Wildman–Crippen LogP) is -3.84. The first-order valence-electron chi connectivity index (χ1n) is 30.6. The van der Waals surface area contributed by atoms with Crippen molar-refractivity contribution in [2.24, 2.45) is 45.8 Å². The molecule has 0 aromatic heterocycles. The summed E-state index contributed by atoms with van der Waals surface area (Å²) in [7, 11) is 0. The Bertz CT molecular complexity index is 2700. The molecule has 1 aliphatic heterocycles. The van der Waals surface area contributed by atoms with E-state index in [0.29, 0.717) is 0 Å². The lowest BCUT2D eigenvalue weighted by molar-refractivity contribution is -0.140. The van der Waals surface area contributed by atoms with E-state index in [1.54, 1.807) is 54.5 Å². The summed E-state index contributed by atoms with van der Waals surface area (Å²) in [5.74, 6) is -15.7. The molecule has 1 saturated heterocycles. The molecule has 0 spiro atoms. The number of primary amides is 1. The van der Waals surface area contributed by atoms with Crippen LogP contribution in [0.3, 0.4) is 0 Å². The minimum Gasteiger partial charge on any atom is -0.391 e. The molecule has 2 rings (SSSR count). The van der Waals surface area contributed by atoms with Crippen LogP contribution in [0.5, 0.6) is 0 Å². The Labute approximate surface area is 532 Å². The van der Waals surface area contributed by atoms with E-state index in [-0.39, 0.29) is 56.6 Å². The Kier molecular flexibility index (Phi) is 31.4. The number of aliphatic hydroxyl groups is 3. The first-order chi connectivity index (χ1) is 42.1. The standard InChI is InChI=1S/C60H102N16O15/c1-15-30(6)39-54(88)73-40(32(8)77)53(87)66-27-38(78)71-44(46(80)47(62)81)56(90)67-31(7)48(82)74-41(33-20-17-16-18-21-33)42(75-52(86)37(26-60(12,13)14)70-49(83)34(61)25-59(9,10)11)55(89)76-43(45(79)29(4)5)57(91)69-36(24-28(2)3)51(85)68-35(50(84)72-39)22-19-23-65-58(63)64/h16-18,20-21,28-32,34-37,39-46,77,79-80H,15,19,22-27,61H2,1-14H3,(H2,62,81)(H,66,87)(H,67,90)(H,68,85)(H,69,91)(H,70,83)(H,71,78)(H,72,84)(H,73,88)(H,74,82)(H,75,86)(H,76,89)(H4,63,64,65)/t30-,31-,32-,34+,35+,36-,37-,39-,40-,41+,42-,43-,44?,45+,46-/m0/s1. The largest absolute Gasteiger partial charge is 0.391 e. The van der Waals surface area contributed by atoms with Gasteiger partial charge < -0.3 is 96.3 Å². The average molecular weight is 1290 g/mol. The fourth-order valence-electron chi connectivity index (χ4n) is 9.60. The fourth-order valence-corrected chi connectivity index (χ4v) is 9.60. The highest BCUT2D eigenvalue weighted by molar-refractivity contribution is 6.00. The van der Waals surface area contributed by atoms with Crippen LogP contribution in [-0.4, -0.2) is 184 Å². The molecule has 1 unspecified atom stereocenters. The van der Waals surface area contributed by atoms with Crippen molar-refractivity contribution in [2.45, 2.75) is 220 Å². The van der Waals surface area contributed by atoms with Gasteiger partial charge in [-0.3, -0.25) is 62.9 Å². The zero-order valence-electron chi connectivity index (χ0n) is 54.8. The molecule has 512 valence electrons. The average Bonchev–Trinajstić information content (AvgIpc) is 0.945. The van der Waals surface area contributed by atoms with Crippen molar-refractivity contribution in [1.82, 2.24) is 63.8 Å². The van der Waals surface area contributed by atoms with Gasteiger partial charge in [0.15, 0.2) is 12.1 Å². The Morgan fingerprint density at radius 1 is 0.648 bits per heavy atom. The van der Waals surface area contributed by atoms with Crippen LogP contribution < -0.4 is 81.0 Å². The molecule has 0 saturated carbocycles. The van der Waals surface area contributed by atoms with E-state index in [4.69, 9.17) is 22.6 Å². The van der Waals surface area contributed by atoms with Gasteiger partial charge in [0.2, 0.25) is 70.9 Å². The molecule has 31 nitrogen and oxygen atoms in total. The number of carbonyl (C=O) groups is 12. The number of guanidine groups is 1. The number of nitrogens with two attached hydrogens (primary N) is 3. The highest BCUT2D eigenvalue weighted by Gasteiger charge is 2.43. The number of carbonyl (C=O) groups excluding carboxylic acids is 12. The van der Waals surface area contributed by atoms with E-state index in [1.165, 1.54) is 38.1 Å². The maximum Gasteiger partial charge on any atom is 0.248 e. The zero-order valence-corrected chi connectivity index (χ0v) is 54.8. The van der Waals surface area contributed by atoms with Crippen molar-refractivity contribution in [3.63, 3.8) is 0 Å². The highest BCUT2D eigenvalue weighted by atomic mass is 16.3. The first kappa shape index (κ1) is 79.1. The smallest absolute Gasteiger partial charge is 0.248 e. The molecule has 1 aromatic rings. The van der Waals surface area contributed by atoms with Crippen LogP contribution in [0.25, 0.3) is 0 Å². The van der Waals surface area contributed by atoms with E-state index in [1.807, 2.05) is 20.8 Å². The first-order valence-corrected chi connectivity index (χ1v) is 30.6. The summed E-state index contributed by atoms with van der Waals surface area (Å²) in [6, 6.07) is -11.0. The third-order valence-corrected chi connectivity index (χ3v) is 14.8. The van der Waals surface area contributed by atoms with Gasteiger partial charge in [-0.1, -0.05) is 120 Å². The molecule has 1 fully saturated rings. The molecule has 1 heterocycles. The topological polar surface area (TPSA) is 512 Å². The van der Waals surface area contributed by atoms with Crippen molar-refractivity contribution in [2.75, 3.05) is 13.1 Å². The maximum atomic E-state index is 15.5. The third-order valence-electron chi connectivity index (χ3n) is 14.8. The van der Waals surface area contributed by atoms with E-state index in [0.717, 1.165) is 13.8 Å². The summed E-state index contributed by atoms with van der Waals surface area (Å²) < 4.78 is 0. The van der Waals surface area contributed by atoms with Crippen molar-refractivity contribution in [1.29, 1.82) is 5.41 Å². The summed E-state index contributed by atoms with van der Waals surface area (Å²) >= 11 is 0. The molecular weight excluding hydrogens is 1180 g/mol. The van der Waals surface area contributed by atoms with E-state index in [2.05, 4.69) is 63.8 Å². The molecule has 12 amide bonds. The van der Waals surface area contributed by atoms with Gasteiger partial charge >= 0.3 is 0 Å². The number of aliphatic hydroxyl groups excluding tert-OH is 3. The summed E-state index contributed by atoms with van der Waals surface area (Å²) in [5.41, 5.74) is 16.2. The van der Waals surface area contributed by atoms with Gasteiger partial charge in [0.25, 0.3) is 0 Å². The summed E-state index contributed by atoms with van der Waals surface area (Å²) in [6.45, 7) is 21.9. The molecule has 0 aliphatic carbocycles. The van der Waals surface area contributed by atoms with Crippen LogP contribution in [0.15, 0.2) is 30.3 Å². The van der Waals surface area contributed by atoms with Gasteiger partial charge in [0.05, 0.1) is 30.8 Å². The fraction of sp³-hybridized carbons (Fsp3) is 0.683. The number of rotatable bonds is 20. The van der Waals surface area contributed by atoms with Crippen LogP contribution in [0.1, 0.15) is 147 Å². The van der Waals surface area contributed by atoms with E-state index < -0.39 is 191 Å². The number of nitrogens with one attached hydrogen (secondary N) is 13. The highest BCUT2D eigenvalue weighted by Crippen LogP contribution is 2.25. The molecule has 31 heteroatoms. The Hall–Kier alpha value is -8.03. The van der Waals surface area contributed by atoms with Gasteiger partial charge in [-0.05, 0) is 80.1 Å². The lowest BCUT2D eigenvalue weighted by atomic mass is 9.86. The van der Waals surface area contributed by atoms with Crippen LogP contribution >= 0.6 is 0 Å². The molecule has 15 atom stereocenters. The SMILES string of the molecule is CC[C@H](C)[C@@H]1NC(=O)[C@@H](CCCNC(=N)N)NC(=O)[C@H](CC(C)C)NC(=O)[C@H]([C@H](O)C(C)C)NC(=O)[C@@H](NC(=O)[C@H](CC(C)(C)C)NC(=O)[C@H](N)CC(C)(C)C)[C@@H](c2ccccc2)NC(=O)[C@H](C)NC(=O)C([C@H](O)C(N)=O)NC(=O)CNC(=O)[C@H]([C@H](C)O)NC1=O.